The zero-order valence-corrected chi connectivity index (χ0v) is 16.9. The van der Waals surface area contributed by atoms with Gasteiger partial charge in [-0.1, -0.05) is 70.0 Å². The second-order valence-corrected chi connectivity index (χ2v) is 8.50. The van der Waals surface area contributed by atoms with E-state index >= 15 is 0 Å². The number of ether oxygens (including phenoxy) is 1. The number of hydrogen-bond donors (Lipinski definition) is 1. The molecule has 0 amide bonds. The summed E-state index contributed by atoms with van der Waals surface area (Å²) in [5, 5.41) is 12.2. The molecule has 140 valence electrons. The number of fused-ring (bicyclic) bond motifs is 3. The first-order valence-corrected chi connectivity index (χ1v) is 10.1. The van der Waals surface area contributed by atoms with Crippen molar-refractivity contribution in [1.82, 2.24) is 4.98 Å². The molecular formula is C22H15BrClNO3. The number of benzene rings is 2. The molecular weight excluding hydrogens is 442 g/mol. The van der Waals surface area contributed by atoms with Crippen molar-refractivity contribution in [3.8, 4) is 5.75 Å². The average molecular weight is 457 g/mol. The minimum absolute atomic E-state index is 0.153. The highest BCUT2D eigenvalue weighted by atomic mass is 79.9. The molecule has 0 saturated heterocycles. The number of pyridine rings is 1. The summed E-state index contributed by atoms with van der Waals surface area (Å²) in [4.78, 5) is 17.5. The number of carbonyl (C=O) groups excluding carboxylic acids is 1. The molecule has 3 unspecified atom stereocenters. The summed E-state index contributed by atoms with van der Waals surface area (Å²) in [5.74, 6) is -0.343. The number of aromatic nitrogens is 1. The summed E-state index contributed by atoms with van der Waals surface area (Å²) in [6.07, 6.45) is 1.59. The normalized spacial score (nSPS) is 28.0. The van der Waals surface area contributed by atoms with E-state index in [0.29, 0.717) is 16.3 Å². The first kappa shape index (κ1) is 17.9. The highest BCUT2D eigenvalue weighted by molar-refractivity contribution is 9.10. The van der Waals surface area contributed by atoms with Crippen molar-refractivity contribution in [2.45, 2.75) is 23.5 Å². The quantitative estimate of drug-likeness (QED) is 0.606. The van der Waals surface area contributed by atoms with Crippen LogP contribution in [-0.4, -0.2) is 15.9 Å². The minimum atomic E-state index is -1.89. The van der Waals surface area contributed by atoms with Crippen LogP contribution in [0.4, 0.5) is 0 Å². The second kappa shape index (κ2) is 6.14. The Kier molecular flexibility index (Phi) is 3.92. The highest BCUT2D eigenvalue weighted by Crippen LogP contribution is 2.64. The Hall–Kier alpha value is -2.21. The SMILES string of the molecule is O=C1CC(c2ccccc2)C2(c3ccc(Br)cc3)Oc3cc(Cl)cnc3C12O. The zero-order chi connectivity index (χ0) is 19.5. The largest absolute Gasteiger partial charge is 0.476 e. The number of halogens is 2. The van der Waals surface area contributed by atoms with Crippen LogP contribution in [0.1, 0.15) is 29.2 Å². The minimum Gasteiger partial charge on any atom is -0.476 e. The second-order valence-electron chi connectivity index (χ2n) is 7.15. The van der Waals surface area contributed by atoms with Crippen molar-refractivity contribution in [3.05, 3.63) is 93.2 Å². The molecule has 1 aliphatic heterocycles. The fourth-order valence-electron chi connectivity index (χ4n) is 4.54. The maximum Gasteiger partial charge on any atom is 0.213 e. The van der Waals surface area contributed by atoms with Gasteiger partial charge in [-0.15, -0.1) is 0 Å². The van der Waals surface area contributed by atoms with Gasteiger partial charge in [0.2, 0.25) is 5.60 Å². The van der Waals surface area contributed by atoms with Crippen LogP contribution in [0.5, 0.6) is 5.75 Å². The van der Waals surface area contributed by atoms with Crippen molar-refractivity contribution in [2.24, 2.45) is 0 Å². The number of ketones is 1. The number of rotatable bonds is 2. The predicted octanol–water partition coefficient (Wildman–Crippen LogP) is 4.73. The molecule has 2 aromatic carbocycles. The Morgan fingerprint density at radius 3 is 2.57 bits per heavy atom. The summed E-state index contributed by atoms with van der Waals surface area (Å²) in [6.45, 7) is 0. The molecule has 5 rings (SSSR count). The van der Waals surface area contributed by atoms with Gasteiger partial charge in [-0.3, -0.25) is 9.78 Å². The summed E-state index contributed by atoms with van der Waals surface area (Å²) >= 11 is 9.56. The van der Waals surface area contributed by atoms with E-state index in [1.807, 2.05) is 54.6 Å². The van der Waals surface area contributed by atoms with Crippen LogP contribution >= 0.6 is 27.5 Å². The van der Waals surface area contributed by atoms with Crippen LogP contribution in [0, 0.1) is 0 Å². The third-order valence-electron chi connectivity index (χ3n) is 5.73. The van der Waals surface area contributed by atoms with Gasteiger partial charge in [0.1, 0.15) is 11.4 Å². The lowest BCUT2D eigenvalue weighted by atomic mass is 9.72. The van der Waals surface area contributed by atoms with Gasteiger partial charge in [0.15, 0.2) is 11.4 Å². The third-order valence-corrected chi connectivity index (χ3v) is 6.46. The lowest BCUT2D eigenvalue weighted by Gasteiger charge is -2.38. The summed E-state index contributed by atoms with van der Waals surface area (Å²) in [7, 11) is 0. The van der Waals surface area contributed by atoms with E-state index in [2.05, 4.69) is 20.9 Å². The Balaban J connectivity index is 1.82. The van der Waals surface area contributed by atoms with Crippen LogP contribution in [0.25, 0.3) is 0 Å². The van der Waals surface area contributed by atoms with Crippen LogP contribution in [0.3, 0.4) is 0 Å². The van der Waals surface area contributed by atoms with Gasteiger partial charge in [0.25, 0.3) is 0 Å². The Bertz CT molecular complexity index is 1090. The topological polar surface area (TPSA) is 59.4 Å². The van der Waals surface area contributed by atoms with E-state index < -0.39 is 11.2 Å². The van der Waals surface area contributed by atoms with Crippen LogP contribution in [-0.2, 0) is 16.0 Å². The van der Waals surface area contributed by atoms with Crippen molar-refractivity contribution in [2.75, 3.05) is 0 Å². The zero-order valence-electron chi connectivity index (χ0n) is 14.6. The van der Waals surface area contributed by atoms with Crippen molar-refractivity contribution in [1.29, 1.82) is 0 Å². The first-order valence-electron chi connectivity index (χ1n) is 8.88. The van der Waals surface area contributed by atoms with Crippen molar-refractivity contribution < 1.29 is 14.6 Å². The van der Waals surface area contributed by atoms with Gasteiger partial charge in [-0.05, 0) is 23.3 Å². The molecule has 2 heterocycles. The maximum absolute atomic E-state index is 13.2. The molecule has 1 saturated carbocycles. The Morgan fingerprint density at radius 1 is 1.14 bits per heavy atom. The maximum atomic E-state index is 13.2. The van der Waals surface area contributed by atoms with Gasteiger partial charge in [0.05, 0.1) is 5.02 Å². The summed E-state index contributed by atoms with van der Waals surface area (Å²) < 4.78 is 7.33. The molecule has 4 nitrogen and oxygen atoms in total. The van der Waals surface area contributed by atoms with Crippen molar-refractivity contribution in [3.63, 3.8) is 0 Å². The predicted molar refractivity (Wildman–Crippen MR) is 108 cm³/mol. The van der Waals surface area contributed by atoms with Crippen LogP contribution in [0.15, 0.2) is 71.3 Å². The Morgan fingerprint density at radius 2 is 1.86 bits per heavy atom. The molecule has 1 N–H and O–H groups in total. The van der Waals surface area contributed by atoms with E-state index in [1.165, 1.54) is 6.20 Å². The fourth-order valence-corrected chi connectivity index (χ4v) is 4.95. The number of hydrogen-bond acceptors (Lipinski definition) is 4. The molecule has 1 aromatic heterocycles. The molecule has 0 radical (unpaired) electrons. The number of nitrogens with zero attached hydrogens (tertiary/aromatic N) is 1. The molecule has 1 fully saturated rings. The fraction of sp³-hybridized carbons (Fsp3) is 0.182. The van der Waals surface area contributed by atoms with Gasteiger partial charge >= 0.3 is 0 Å². The summed E-state index contributed by atoms with van der Waals surface area (Å²) in [5.41, 5.74) is -1.34. The number of Topliss-reactive ketones (excluding diaryl/α,β-unsaturated/α-hetero) is 1. The lowest BCUT2D eigenvalue weighted by molar-refractivity contribution is -0.151. The molecule has 1 aliphatic carbocycles. The molecule has 2 aliphatic rings. The Labute approximate surface area is 175 Å². The van der Waals surface area contributed by atoms with Crippen LogP contribution < -0.4 is 4.74 Å². The van der Waals surface area contributed by atoms with Gasteiger partial charge in [-0.2, -0.15) is 0 Å². The van der Waals surface area contributed by atoms with E-state index in [0.717, 1.165) is 10.0 Å². The lowest BCUT2D eigenvalue weighted by Crippen LogP contribution is -2.51. The van der Waals surface area contributed by atoms with E-state index in [1.54, 1.807) is 6.07 Å². The molecule has 0 spiro atoms. The van der Waals surface area contributed by atoms with Gasteiger partial charge in [-0.25, -0.2) is 0 Å². The summed E-state index contributed by atoms with van der Waals surface area (Å²) in [6, 6.07) is 18.8. The molecule has 0 bridgehead atoms. The van der Waals surface area contributed by atoms with Gasteiger partial charge in [0, 0.05) is 29.1 Å². The van der Waals surface area contributed by atoms with E-state index in [4.69, 9.17) is 16.3 Å². The first-order chi connectivity index (χ1) is 13.5. The highest BCUT2D eigenvalue weighted by Gasteiger charge is 2.73. The molecule has 3 atom stereocenters. The van der Waals surface area contributed by atoms with Crippen molar-refractivity contribution >= 4 is 33.3 Å². The van der Waals surface area contributed by atoms with Gasteiger partial charge < -0.3 is 9.84 Å². The molecule has 6 heteroatoms. The standard InChI is InChI=1S/C22H15BrClNO3/c23-15-8-6-14(7-9-15)22-17(13-4-2-1-3-5-13)11-19(26)21(22,27)20-18(28-22)10-16(24)12-25-20/h1-10,12,17,27H,11H2. The van der Waals surface area contributed by atoms with E-state index in [-0.39, 0.29) is 23.8 Å². The molecule has 28 heavy (non-hydrogen) atoms. The van der Waals surface area contributed by atoms with E-state index in [9.17, 15) is 9.90 Å². The third kappa shape index (κ3) is 2.21. The smallest absolute Gasteiger partial charge is 0.213 e. The number of aliphatic hydroxyl groups is 1. The van der Waals surface area contributed by atoms with Crippen LogP contribution in [0.2, 0.25) is 5.02 Å². The molecule has 3 aromatic rings. The number of carbonyl (C=O) groups is 1. The average Bonchev–Trinajstić information content (AvgIpc) is 3.09. The monoisotopic (exact) mass is 455 g/mol.